The van der Waals surface area contributed by atoms with Crippen molar-refractivity contribution in [3.63, 3.8) is 0 Å². The van der Waals surface area contributed by atoms with Crippen LogP contribution < -0.4 is 0 Å². The van der Waals surface area contributed by atoms with Gasteiger partial charge in [0, 0.05) is 32.3 Å². The first-order chi connectivity index (χ1) is 12.4. The van der Waals surface area contributed by atoms with Gasteiger partial charge >= 0.3 is 0 Å². The number of hydrogen-bond donors (Lipinski definition) is 0. The van der Waals surface area contributed by atoms with Crippen molar-refractivity contribution >= 4 is 10.0 Å². The van der Waals surface area contributed by atoms with Crippen molar-refractivity contribution in [2.24, 2.45) is 7.05 Å². The van der Waals surface area contributed by atoms with E-state index >= 15 is 0 Å². The van der Waals surface area contributed by atoms with Gasteiger partial charge in [-0.15, -0.1) is 0 Å². The van der Waals surface area contributed by atoms with Crippen LogP contribution in [0.5, 0.6) is 0 Å². The van der Waals surface area contributed by atoms with Crippen LogP contribution in [0.1, 0.15) is 22.6 Å². The zero-order valence-electron chi connectivity index (χ0n) is 14.2. The minimum atomic E-state index is -3.72. The van der Waals surface area contributed by atoms with Crippen molar-refractivity contribution in [2.75, 3.05) is 6.54 Å². The van der Waals surface area contributed by atoms with Gasteiger partial charge in [-0.1, -0.05) is 24.3 Å². The largest absolute Gasteiger partial charge is 0.276 e. The molecule has 134 valence electrons. The number of halogens is 1. The first-order valence-electron chi connectivity index (χ1n) is 8.27. The van der Waals surface area contributed by atoms with E-state index < -0.39 is 15.8 Å². The highest BCUT2D eigenvalue weighted by Gasteiger charge is 2.34. The number of aromatic nitrogens is 2. The molecule has 0 N–H and O–H groups in total. The fourth-order valence-corrected chi connectivity index (χ4v) is 4.85. The summed E-state index contributed by atoms with van der Waals surface area (Å²) in [7, 11) is -1.88. The maximum atomic E-state index is 13.2. The van der Waals surface area contributed by atoms with Gasteiger partial charge in [0.15, 0.2) is 0 Å². The third-order valence-corrected chi connectivity index (χ3v) is 6.57. The fraction of sp³-hybridized carbons (Fsp3) is 0.211. The lowest BCUT2D eigenvalue weighted by atomic mass is 9.87. The average Bonchev–Trinajstić information content (AvgIpc) is 3.07. The molecule has 1 aliphatic heterocycles. The predicted octanol–water partition coefficient (Wildman–Crippen LogP) is 2.90. The van der Waals surface area contributed by atoms with Crippen molar-refractivity contribution in [2.45, 2.75) is 17.4 Å². The average molecular weight is 371 g/mol. The molecular weight excluding hydrogens is 353 g/mol. The molecule has 0 spiro atoms. The fourth-order valence-electron chi connectivity index (χ4n) is 3.42. The second-order valence-electron chi connectivity index (χ2n) is 6.45. The Hall–Kier alpha value is -2.51. The summed E-state index contributed by atoms with van der Waals surface area (Å²) in [5, 5.41) is 4.23. The molecule has 1 aromatic heterocycles. The summed E-state index contributed by atoms with van der Waals surface area (Å²) >= 11 is 0. The molecule has 0 amide bonds. The molecule has 1 unspecified atom stereocenters. The van der Waals surface area contributed by atoms with E-state index in [1.54, 1.807) is 10.9 Å². The van der Waals surface area contributed by atoms with Gasteiger partial charge in [-0.3, -0.25) is 4.68 Å². The second kappa shape index (κ2) is 6.34. The van der Waals surface area contributed by atoms with Crippen LogP contribution in [-0.2, 0) is 23.6 Å². The van der Waals surface area contributed by atoms with E-state index in [0.717, 1.165) is 16.7 Å². The zero-order valence-corrected chi connectivity index (χ0v) is 15.0. The first kappa shape index (κ1) is 16.9. The Balaban J connectivity index is 1.76. The van der Waals surface area contributed by atoms with Gasteiger partial charge in [-0.25, -0.2) is 12.8 Å². The molecule has 26 heavy (non-hydrogen) atoms. The van der Waals surface area contributed by atoms with Crippen LogP contribution in [0.25, 0.3) is 0 Å². The molecule has 2 heterocycles. The van der Waals surface area contributed by atoms with Crippen LogP contribution in [0.2, 0.25) is 0 Å². The van der Waals surface area contributed by atoms with Gasteiger partial charge in [-0.2, -0.15) is 9.40 Å². The molecule has 0 aliphatic carbocycles. The Bertz CT molecular complexity index is 1040. The molecule has 0 fully saturated rings. The topological polar surface area (TPSA) is 55.2 Å². The SMILES string of the molecule is Cn1cc(C2CN(S(=O)(=O)c3ccc(F)cc3)Cc3ccccc32)cn1. The number of fused-ring (bicyclic) bond motifs is 1. The van der Waals surface area contributed by atoms with Crippen molar-refractivity contribution in [3.8, 4) is 0 Å². The molecule has 0 radical (unpaired) electrons. The van der Waals surface area contributed by atoms with Crippen molar-refractivity contribution in [3.05, 3.63) is 83.4 Å². The molecule has 4 rings (SSSR count). The Morgan fingerprint density at radius 1 is 1.12 bits per heavy atom. The highest BCUT2D eigenvalue weighted by molar-refractivity contribution is 7.89. The van der Waals surface area contributed by atoms with Crippen molar-refractivity contribution in [1.82, 2.24) is 14.1 Å². The van der Waals surface area contributed by atoms with E-state index in [0.29, 0.717) is 13.1 Å². The highest BCUT2D eigenvalue weighted by Crippen LogP contribution is 2.35. The summed E-state index contributed by atoms with van der Waals surface area (Å²) in [5.41, 5.74) is 3.06. The van der Waals surface area contributed by atoms with E-state index in [-0.39, 0.29) is 10.8 Å². The van der Waals surface area contributed by atoms with Crippen LogP contribution in [0.3, 0.4) is 0 Å². The number of benzene rings is 2. The third-order valence-electron chi connectivity index (χ3n) is 4.74. The Labute approximate surface area is 151 Å². The summed E-state index contributed by atoms with van der Waals surface area (Å²) in [5.74, 6) is -0.551. The van der Waals surface area contributed by atoms with Gasteiger partial charge in [0.2, 0.25) is 10.0 Å². The number of nitrogens with zero attached hydrogens (tertiary/aromatic N) is 3. The van der Waals surface area contributed by atoms with Gasteiger partial charge in [0.05, 0.1) is 11.1 Å². The summed E-state index contributed by atoms with van der Waals surface area (Å²) in [6, 6.07) is 12.8. The zero-order chi connectivity index (χ0) is 18.3. The number of aryl methyl sites for hydroxylation is 1. The Morgan fingerprint density at radius 3 is 2.54 bits per heavy atom. The van der Waals surface area contributed by atoms with Crippen LogP contribution in [0.4, 0.5) is 4.39 Å². The maximum absolute atomic E-state index is 13.2. The molecule has 2 aromatic carbocycles. The summed E-state index contributed by atoms with van der Waals surface area (Å²) in [6.07, 6.45) is 3.69. The predicted molar refractivity (Wildman–Crippen MR) is 95.5 cm³/mol. The highest BCUT2D eigenvalue weighted by atomic mass is 32.2. The van der Waals surface area contributed by atoms with Gasteiger partial charge in [-0.05, 0) is 41.0 Å². The lowest BCUT2D eigenvalue weighted by Crippen LogP contribution is -2.38. The lowest BCUT2D eigenvalue weighted by molar-refractivity contribution is 0.371. The van der Waals surface area contributed by atoms with Crippen LogP contribution >= 0.6 is 0 Å². The molecule has 0 saturated carbocycles. The Kier molecular flexibility index (Phi) is 4.13. The molecule has 0 bridgehead atoms. The molecule has 1 aliphatic rings. The maximum Gasteiger partial charge on any atom is 0.243 e. The van der Waals surface area contributed by atoms with Gasteiger partial charge in [0.25, 0.3) is 0 Å². The molecule has 0 saturated heterocycles. The van der Waals surface area contributed by atoms with E-state index in [1.807, 2.05) is 37.5 Å². The van der Waals surface area contributed by atoms with Crippen molar-refractivity contribution < 1.29 is 12.8 Å². The van der Waals surface area contributed by atoms with E-state index in [4.69, 9.17) is 0 Å². The summed E-state index contributed by atoms with van der Waals surface area (Å²) in [4.78, 5) is 0.100. The standard InChI is InChI=1S/C19H18FN3O2S/c1-22-11-15(10-21-22)19-13-23(12-14-4-2-3-5-18(14)19)26(24,25)17-8-6-16(20)7-9-17/h2-11,19H,12-13H2,1H3. The normalized spacial score (nSPS) is 17.8. The summed E-state index contributed by atoms with van der Waals surface area (Å²) in [6.45, 7) is 0.620. The molecular formula is C19H18FN3O2S. The molecule has 1 atom stereocenters. The van der Waals surface area contributed by atoms with Crippen molar-refractivity contribution in [1.29, 1.82) is 0 Å². The van der Waals surface area contributed by atoms with Crippen LogP contribution in [0, 0.1) is 5.82 Å². The lowest BCUT2D eigenvalue weighted by Gasteiger charge is -2.33. The van der Waals surface area contributed by atoms with E-state index in [9.17, 15) is 12.8 Å². The number of sulfonamides is 1. The molecule has 7 heteroatoms. The number of rotatable bonds is 3. The third kappa shape index (κ3) is 2.93. The van der Waals surface area contributed by atoms with Crippen LogP contribution in [-0.4, -0.2) is 29.0 Å². The quantitative estimate of drug-likeness (QED) is 0.711. The molecule has 5 nitrogen and oxygen atoms in total. The molecule has 3 aromatic rings. The minimum Gasteiger partial charge on any atom is -0.276 e. The van der Waals surface area contributed by atoms with Gasteiger partial charge in [0.1, 0.15) is 5.82 Å². The first-order valence-corrected chi connectivity index (χ1v) is 9.71. The van der Waals surface area contributed by atoms with E-state index in [2.05, 4.69) is 5.10 Å². The Morgan fingerprint density at radius 2 is 1.85 bits per heavy atom. The number of hydrogen-bond acceptors (Lipinski definition) is 3. The van der Waals surface area contributed by atoms with Crippen LogP contribution in [0.15, 0.2) is 65.8 Å². The second-order valence-corrected chi connectivity index (χ2v) is 8.39. The smallest absolute Gasteiger partial charge is 0.243 e. The monoisotopic (exact) mass is 371 g/mol. The minimum absolute atomic E-state index is 0.0936. The van der Waals surface area contributed by atoms with Gasteiger partial charge < -0.3 is 0 Å². The van der Waals surface area contributed by atoms with E-state index in [1.165, 1.54) is 28.6 Å². The summed E-state index contributed by atoms with van der Waals surface area (Å²) < 4.78 is 42.5.